The number of thiophene rings is 1. The molecule has 0 aliphatic rings. The lowest BCUT2D eigenvalue weighted by Crippen LogP contribution is -2.09. The summed E-state index contributed by atoms with van der Waals surface area (Å²) in [5.41, 5.74) is 7.31. The van der Waals surface area contributed by atoms with Crippen molar-refractivity contribution in [2.45, 2.75) is 0 Å². The second kappa shape index (κ2) is 9.01. The number of para-hydroxylation sites is 2. The maximum atomic E-state index is 2.38. The zero-order valence-corrected chi connectivity index (χ0v) is 19.5. The maximum absolute atomic E-state index is 2.38. The Balaban J connectivity index is 1.65. The number of anilines is 3. The van der Waals surface area contributed by atoms with E-state index in [4.69, 9.17) is 0 Å². The third-order valence-corrected chi connectivity index (χ3v) is 7.11. The molecule has 0 aliphatic carbocycles. The summed E-state index contributed by atoms with van der Waals surface area (Å²) in [7, 11) is 0. The van der Waals surface area contributed by atoms with Crippen LogP contribution in [0.1, 0.15) is 0 Å². The molecule has 0 unspecified atom stereocenters. The fourth-order valence-corrected chi connectivity index (χ4v) is 5.73. The van der Waals surface area contributed by atoms with Gasteiger partial charge in [0.1, 0.15) is 5.00 Å². The first-order valence-corrected chi connectivity index (χ1v) is 12.3. The molecule has 34 heavy (non-hydrogen) atoms. The highest BCUT2D eigenvalue weighted by molar-refractivity contribution is 7.15. The van der Waals surface area contributed by atoms with E-state index >= 15 is 0 Å². The molecule has 1 heterocycles. The summed E-state index contributed by atoms with van der Waals surface area (Å²) in [5.74, 6) is 0. The van der Waals surface area contributed by atoms with Gasteiger partial charge in [0.2, 0.25) is 0 Å². The Morgan fingerprint density at radius 2 is 1.03 bits per heavy atom. The fourth-order valence-electron chi connectivity index (χ4n) is 4.59. The average molecular weight is 454 g/mol. The minimum atomic E-state index is 1.15. The van der Waals surface area contributed by atoms with Crippen molar-refractivity contribution in [3.8, 4) is 22.3 Å². The van der Waals surface area contributed by atoms with Gasteiger partial charge in [-0.1, -0.05) is 109 Å². The van der Waals surface area contributed by atoms with Crippen LogP contribution < -0.4 is 4.90 Å². The molecule has 6 rings (SSSR count). The fraction of sp³-hybridized carbons (Fsp3) is 0. The number of hydrogen-bond acceptors (Lipinski definition) is 2. The van der Waals surface area contributed by atoms with Crippen LogP contribution in [0.25, 0.3) is 33.0 Å². The van der Waals surface area contributed by atoms with Crippen molar-refractivity contribution >= 4 is 38.5 Å². The Morgan fingerprint density at radius 3 is 1.71 bits per heavy atom. The molecule has 0 bridgehead atoms. The summed E-state index contributed by atoms with van der Waals surface area (Å²) >= 11 is 1.80. The minimum absolute atomic E-state index is 1.15. The van der Waals surface area contributed by atoms with Gasteiger partial charge in [0.15, 0.2) is 0 Å². The van der Waals surface area contributed by atoms with Crippen molar-refractivity contribution in [2.24, 2.45) is 0 Å². The molecule has 0 saturated carbocycles. The lowest BCUT2D eigenvalue weighted by molar-refractivity contribution is 1.32. The molecule has 0 saturated heterocycles. The minimum Gasteiger partial charge on any atom is -0.301 e. The monoisotopic (exact) mass is 453 g/mol. The van der Waals surface area contributed by atoms with E-state index in [1.54, 1.807) is 11.3 Å². The summed E-state index contributed by atoms with van der Waals surface area (Å²) in [5, 5.41) is 6.07. The third-order valence-electron chi connectivity index (χ3n) is 6.15. The molecule has 2 heteroatoms. The molecule has 0 atom stereocenters. The molecule has 1 aromatic heterocycles. The second-order valence-corrected chi connectivity index (χ2v) is 9.09. The predicted molar refractivity (Wildman–Crippen MR) is 147 cm³/mol. The van der Waals surface area contributed by atoms with Gasteiger partial charge in [-0.3, -0.25) is 0 Å². The summed E-state index contributed by atoms with van der Waals surface area (Å²) in [6.45, 7) is 0. The molecule has 1 nitrogen and oxygen atoms in total. The van der Waals surface area contributed by atoms with E-state index in [0.717, 1.165) is 11.4 Å². The summed E-state index contributed by atoms with van der Waals surface area (Å²) in [4.78, 5) is 2.38. The van der Waals surface area contributed by atoms with E-state index in [1.807, 2.05) is 0 Å². The van der Waals surface area contributed by atoms with Crippen molar-refractivity contribution < 1.29 is 0 Å². The van der Waals surface area contributed by atoms with Gasteiger partial charge in [0.25, 0.3) is 0 Å². The van der Waals surface area contributed by atoms with Gasteiger partial charge in [0.05, 0.1) is 0 Å². The summed E-state index contributed by atoms with van der Waals surface area (Å²) in [6, 6.07) is 47.3. The molecular formula is C32H23NS. The van der Waals surface area contributed by atoms with Crippen molar-refractivity contribution in [3.63, 3.8) is 0 Å². The normalized spacial score (nSPS) is 10.9. The van der Waals surface area contributed by atoms with E-state index in [1.165, 1.54) is 38.0 Å². The smallest absolute Gasteiger partial charge is 0.109 e. The first-order valence-electron chi connectivity index (χ1n) is 11.5. The molecule has 6 aromatic rings. The van der Waals surface area contributed by atoms with Crippen LogP contribution in [-0.4, -0.2) is 0 Å². The van der Waals surface area contributed by atoms with Crippen molar-refractivity contribution in [1.82, 2.24) is 0 Å². The molecule has 0 amide bonds. The summed E-state index contributed by atoms with van der Waals surface area (Å²) < 4.78 is 0. The molecule has 0 radical (unpaired) electrons. The molecular weight excluding hydrogens is 430 g/mol. The van der Waals surface area contributed by atoms with Crippen molar-refractivity contribution in [1.29, 1.82) is 0 Å². The predicted octanol–water partition coefficient (Wildman–Crippen LogP) is 9.71. The van der Waals surface area contributed by atoms with Crippen LogP contribution in [0.4, 0.5) is 16.4 Å². The topological polar surface area (TPSA) is 3.24 Å². The molecule has 0 aliphatic heterocycles. The van der Waals surface area contributed by atoms with E-state index in [0.29, 0.717) is 0 Å². The first-order chi connectivity index (χ1) is 16.9. The number of fused-ring (bicyclic) bond motifs is 1. The van der Waals surface area contributed by atoms with Crippen LogP contribution in [0.15, 0.2) is 139 Å². The first kappa shape index (κ1) is 20.5. The van der Waals surface area contributed by atoms with Gasteiger partial charge in [-0.25, -0.2) is 0 Å². The zero-order valence-electron chi connectivity index (χ0n) is 18.6. The van der Waals surface area contributed by atoms with Crippen LogP contribution in [0.5, 0.6) is 0 Å². The lowest BCUT2D eigenvalue weighted by atomic mass is 9.94. The Morgan fingerprint density at radius 1 is 0.471 bits per heavy atom. The highest BCUT2D eigenvalue weighted by Gasteiger charge is 2.23. The molecule has 0 N–H and O–H groups in total. The Bertz CT molecular complexity index is 1490. The van der Waals surface area contributed by atoms with Gasteiger partial charge >= 0.3 is 0 Å². The molecule has 0 spiro atoms. The molecule has 0 fully saturated rings. The van der Waals surface area contributed by atoms with E-state index in [9.17, 15) is 0 Å². The van der Waals surface area contributed by atoms with Gasteiger partial charge in [-0.2, -0.15) is 0 Å². The Labute approximate surface area is 204 Å². The van der Waals surface area contributed by atoms with Crippen LogP contribution >= 0.6 is 11.3 Å². The molecule has 162 valence electrons. The molecule has 5 aromatic carbocycles. The average Bonchev–Trinajstić information content (AvgIpc) is 3.34. The largest absolute Gasteiger partial charge is 0.301 e. The summed E-state index contributed by atoms with van der Waals surface area (Å²) in [6.07, 6.45) is 0. The van der Waals surface area contributed by atoms with Gasteiger partial charge in [0, 0.05) is 27.9 Å². The number of nitrogens with zero attached hydrogens (tertiary/aromatic N) is 1. The maximum Gasteiger partial charge on any atom is 0.109 e. The van der Waals surface area contributed by atoms with E-state index < -0.39 is 0 Å². The highest BCUT2D eigenvalue weighted by Crippen LogP contribution is 2.50. The second-order valence-electron chi connectivity index (χ2n) is 8.23. The zero-order chi connectivity index (χ0) is 22.7. The quantitative estimate of drug-likeness (QED) is 0.251. The van der Waals surface area contributed by atoms with Crippen LogP contribution in [-0.2, 0) is 0 Å². The standard InChI is InChI=1S/C32H23NS/c1-4-14-25(15-5-1)31-30(29-22-12-16-24-13-10-11-21-28(24)29)23-34-32(31)33(26-17-6-2-7-18-26)27-19-8-3-9-20-27/h1-23H. The Hall–Kier alpha value is -4.14. The van der Waals surface area contributed by atoms with Crippen LogP contribution in [0.2, 0.25) is 0 Å². The SMILES string of the molecule is c1ccc(-c2c(-c3cccc4ccccc34)csc2N(c2ccccc2)c2ccccc2)cc1. The van der Waals surface area contributed by atoms with Gasteiger partial charge < -0.3 is 4.90 Å². The number of hydrogen-bond donors (Lipinski definition) is 0. The van der Waals surface area contributed by atoms with Crippen molar-refractivity contribution in [3.05, 3.63) is 139 Å². The number of rotatable bonds is 5. The third kappa shape index (κ3) is 3.68. The van der Waals surface area contributed by atoms with Gasteiger partial charge in [-0.15, -0.1) is 11.3 Å². The highest BCUT2D eigenvalue weighted by atomic mass is 32.1. The Kier molecular flexibility index (Phi) is 5.42. The van der Waals surface area contributed by atoms with Crippen LogP contribution in [0.3, 0.4) is 0 Å². The number of benzene rings is 5. The van der Waals surface area contributed by atoms with Gasteiger partial charge in [-0.05, 0) is 46.2 Å². The lowest BCUT2D eigenvalue weighted by Gasteiger charge is -2.25. The van der Waals surface area contributed by atoms with E-state index in [-0.39, 0.29) is 0 Å². The van der Waals surface area contributed by atoms with Crippen LogP contribution in [0, 0.1) is 0 Å². The van der Waals surface area contributed by atoms with E-state index in [2.05, 4.69) is 144 Å². The van der Waals surface area contributed by atoms with Crippen molar-refractivity contribution in [2.75, 3.05) is 4.90 Å².